The fourth-order valence-corrected chi connectivity index (χ4v) is 1.30. The van der Waals surface area contributed by atoms with Crippen LogP contribution in [0.2, 0.25) is 0 Å². The fourth-order valence-electron chi connectivity index (χ4n) is 1.30. The minimum absolute atomic E-state index is 0.265. The van der Waals surface area contributed by atoms with Crippen LogP contribution in [0.1, 0.15) is 46.5 Å². The Bertz CT molecular complexity index is 147. The van der Waals surface area contributed by atoms with E-state index >= 15 is 0 Å². The average molecular weight is 168 g/mol. The first-order chi connectivity index (χ1) is 5.76. The molecule has 0 aliphatic carbocycles. The second kappa shape index (κ2) is 7.08. The molecule has 0 bridgehead atoms. The molecule has 0 aromatic rings. The first-order valence-corrected chi connectivity index (χ1v) is 4.92. The van der Waals surface area contributed by atoms with Gasteiger partial charge in [-0.05, 0) is 25.8 Å². The summed E-state index contributed by atoms with van der Waals surface area (Å²) in [4.78, 5) is 11.4. The second-order valence-electron chi connectivity index (χ2n) is 3.15. The first-order valence-electron chi connectivity index (χ1n) is 4.92. The van der Waals surface area contributed by atoms with E-state index in [0.717, 1.165) is 12.8 Å². The van der Waals surface area contributed by atoms with Gasteiger partial charge in [0, 0.05) is 5.92 Å². The van der Waals surface area contributed by atoms with E-state index in [2.05, 4.69) is 13.8 Å². The van der Waals surface area contributed by atoms with Crippen LogP contribution in [0.15, 0.2) is 12.2 Å². The van der Waals surface area contributed by atoms with E-state index in [1.165, 1.54) is 12.8 Å². The molecule has 0 fully saturated rings. The fraction of sp³-hybridized carbons (Fsp3) is 0.727. The summed E-state index contributed by atoms with van der Waals surface area (Å²) < 4.78 is 0. The van der Waals surface area contributed by atoms with Crippen molar-refractivity contribution in [3.63, 3.8) is 0 Å². The van der Waals surface area contributed by atoms with E-state index in [-0.39, 0.29) is 5.92 Å². The lowest BCUT2D eigenvalue weighted by Gasteiger charge is -2.09. The van der Waals surface area contributed by atoms with Crippen molar-refractivity contribution in [2.24, 2.45) is 5.92 Å². The highest BCUT2D eigenvalue weighted by Gasteiger charge is 2.11. The van der Waals surface area contributed by atoms with E-state index in [9.17, 15) is 4.79 Å². The SMILES string of the molecule is C/C=C\C(=O)[C@H](CC)CCCC. The number of allylic oxidation sites excluding steroid dienone is 2. The summed E-state index contributed by atoms with van der Waals surface area (Å²) in [5.74, 6) is 0.564. The van der Waals surface area contributed by atoms with Gasteiger partial charge in [-0.3, -0.25) is 4.79 Å². The Balaban J connectivity index is 3.87. The largest absolute Gasteiger partial charge is 0.295 e. The molecule has 0 rings (SSSR count). The van der Waals surface area contributed by atoms with E-state index in [4.69, 9.17) is 0 Å². The van der Waals surface area contributed by atoms with Gasteiger partial charge in [0.15, 0.2) is 5.78 Å². The van der Waals surface area contributed by atoms with Gasteiger partial charge in [0.25, 0.3) is 0 Å². The molecule has 70 valence electrons. The molecule has 0 radical (unpaired) electrons. The van der Waals surface area contributed by atoms with Crippen molar-refractivity contribution in [3.05, 3.63) is 12.2 Å². The standard InChI is InChI=1S/C11H20O/c1-4-7-9-10(6-3)11(12)8-5-2/h5,8,10H,4,6-7,9H2,1-3H3/b8-5-/t10-/m1/s1. The van der Waals surface area contributed by atoms with Gasteiger partial charge in [0.1, 0.15) is 0 Å². The molecule has 0 aromatic heterocycles. The summed E-state index contributed by atoms with van der Waals surface area (Å²) in [6, 6.07) is 0. The van der Waals surface area contributed by atoms with Gasteiger partial charge in [0.05, 0.1) is 0 Å². The molecule has 0 saturated carbocycles. The summed E-state index contributed by atoms with van der Waals surface area (Å²) in [5.41, 5.74) is 0. The number of hydrogen-bond donors (Lipinski definition) is 0. The van der Waals surface area contributed by atoms with Crippen molar-refractivity contribution in [1.82, 2.24) is 0 Å². The third-order valence-electron chi connectivity index (χ3n) is 2.13. The minimum Gasteiger partial charge on any atom is -0.295 e. The van der Waals surface area contributed by atoms with E-state index in [1.54, 1.807) is 6.08 Å². The van der Waals surface area contributed by atoms with Crippen molar-refractivity contribution < 1.29 is 4.79 Å². The third kappa shape index (κ3) is 4.32. The number of unbranched alkanes of at least 4 members (excludes halogenated alkanes) is 1. The van der Waals surface area contributed by atoms with Crippen molar-refractivity contribution >= 4 is 5.78 Å². The smallest absolute Gasteiger partial charge is 0.158 e. The molecule has 1 nitrogen and oxygen atoms in total. The van der Waals surface area contributed by atoms with Crippen molar-refractivity contribution in [2.75, 3.05) is 0 Å². The molecule has 1 atom stereocenters. The molecule has 1 heteroatoms. The molecule has 0 amide bonds. The van der Waals surface area contributed by atoms with Crippen LogP contribution in [0, 0.1) is 5.92 Å². The van der Waals surface area contributed by atoms with Gasteiger partial charge in [-0.2, -0.15) is 0 Å². The normalized spacial score (nSPS) is 13.6. The van der Waals surface area contributed by atoms with Crippen LogP contribution in [-0.4, -0.2) is 5.78 Å². The lowest BCUT2D eigenvalue weighted by Crippen LogP contribution is -2.10. The molecular weight excluding hydrogens is 148 g/mol. The van der Waals surface area contributed by atoms with Gasteiger partial charge in [-0.1, -0.05) is 32.8 Å². The number of rotatable bonds is 6. The summed E-state index contributed by atoms with van der Waals surface area (Å²) in [6.45, 7) is 6.14. The maximum Gasteiger partial charge on any atom is 0.158 e. The van der Waals surface area contributed by atoms with Gasteiger partial charge in [-0.25, -0.2) is 0 Å². The van der Waals surface area contributed by atoms with Crippen LogP contribution < -0.4 is 0 Å². The molecule has 0 spiro atoms. The lowest BCUT2D eigenvalue weighted by molar-refractivity contribution is -0.118. The van der Waals surface area contributed by atoms with E-state index in [1.807, 2.05) is 13.0 Å². The van der Waals surface area contributed by atoms with Crippen LogP contribution in [0.25, 0.3) is 0 Å². The van der Waals surface area contributed by atoms with Crippen molar-refractivity contribution in [3.8, 4) is 0 Å². The molecule has 0 heterocycles. The Morgan fingerprint density at radius 1 is 1.42 bits per heavy atom. The summed E-state index contributed by atoms with van der Waals surface area (Å²) in [5, 5.41) is 0. The predicted molar refractivity (Wildman–Crippen MR) is 53.1 cm³/mol. The van der Waals surface area contributed by atoms with Crippen molar-refractivity contribution in [2.45, 2.75) is 46.5 Å². The lowest BCUT2D eigenvalue weighted by atomic mass is 9.94. The highest BCUT2D eigenvalue weighted by atomic mass is 16.1. The first kappa shape index (κ1) is 11.4. The topological polar surface area (TPSA) is 17.1 Å². The Morgan fingerprint density at radius 2 is 2.08 bits per heavy atom. The molecule has 0 aliphatic heterocycles. The van der Waals surface area contributed by atoms with Crippen LogP contribution in [0.4, 0.5) is 0 Å². The zero-order valence-corrected chi connectivity index (χ0v) is 8.47. The quantitative estimate of drug-likeness (QED) is 0.556. The van der Waals surface area contributed by atoms with Crippen molar-refractivity contribution in [1.29, 1.82) is 0 Å². The Morgan fingerprint density at radius 3 is 2.50 bits per heavy atom. The zero-order valence-electron chi connectivity index (χ0n) is 8.47. The molecular formula is C11H20O. The molecule has 0 unspecified atom stereocenters. The van der Waals surface area contributed by atoms with E-state index < -0.39 is 0 Å². The number of carbonyl (C=O) groups excluding carboxylic acids is 1. The van der Waals surface area contributed by atoms with Gasteiger partial charge in [-0.15, -0.1) is 0 Å². The zero-order chi connectivity index (χ0) is 9.40. The van der Waals surface area contributed by atoms with Crippen LogP contribution in [-0.2, 0) is 4.79 Å². The van der Waals surface area contributed by atoms with Gasteiger partial charge < -0.3 is 0 Å². The van der Waals surface area contributed by atoms with Gasteiger partial charge in [0.2, 0.25) is 0 Å². The van der Waals surface area contributed by atoms with Crippen LogP contribution >= 0.6 is 0 Å². The Hall–Kier alpha value is -0.590. The summed E-state index contributed by atoms with van der Waals surface area (Å²) in [6.07, 6.45) is 7.90. The maximum atomic E-state index is 11.4. The summed E-state index contributed by atoms with van der Waals surface area (Å²) in [7, 11) is 0. The predicted octanol–water partition coefficient (Wildman–Crippen LogP) is 3.35. The molecule has 0 aromatic carbocycles. The molecule has 0 N–H and O–H groups in total. The van der Waals surface area contributed by atoms with Gasteiger partial charge >= 0.3 is 0 Å². The number of ketones is 1. The average Bonchev–Trinajstić information content (AvgIpc) is 2.06. The number of hydrogen-bond acceptors (Lipinski definition) is 1. The summed E-state index contributed by atoms with van der Waals surface area (Å²) >= 11 is 0. The maximum absolute atomic E-state index is 11.4. The minimum atomic E-state index is 0.265. The third-order valence-corrected chi connectivity index (χ3v) is 2.13. The van der Waals surface area contributed by atoms with Crippen LogP contribution in [0.3, 0.4) is 0 Å². The monoisotopic (exact) mass is 168 g/mol. The Labute approximate surface area is 75.9 Å². The van der Waals surface area contributed by atoms with Crippen LogP contribution in [0.5, 0.6) is 0 Å². The highest BCUT2D eigenvalue weighted by Crippen LogP contribution is 2.13. The second-order valence-corrected chi connectivity index (χ2v) is 3.15. The molecule has 0 aliphatic rings. The molecule has 0 saturated heterocycles. The highest BCUT2D eigenvalue weighted by molar-refractivity contribution is 5.91. The molecule has 12 heavy (non-hydrogen) atoms. The van der Waals surface area contributed by atoms with E-state index in [0.29, 0.717) is 5.78 Å². The Kier molecular flexibility index (Phi) is 6.73. The number of carbonyl (C=O) groups is 1.